The number of nitrogens with two attached hydrogens (primary N) is 1. The van der Waals surface area contributed by atoms with E-state index in [-0.39, 0.29) is 29.3 Å². The second-order valence-electron chi connectivity index (χ2n) is 6.15. The third kappa shape index (κ3) is 4.62. The van der Waals surface area contributed by atoms with Gasteiger partial charge in [-0.2, -0.15) is 0 Å². The summed E-state index contributed by atoms with van der Waals surface area (Å²) < 4.78 is 42.0. The maximum atomic E-state index is 13.2. The predicted molar refractivity (Wildman–Crippen MR) is 96.7 cm³/mol. The lowest BCUT2D eigenvalue weighted by Gasteiger charge is -2.36. The highest BCUT2D eigenvalue weighted by Gasteiger charge is 2.28. The van der Waals surface area contributed by atoms with Gasteiger partial charge in [-0.25, -0.2) is 22.7 Å². The lowest BCUT2D eigenvalue weighted by atomic mass is 10.1. The van der Waals surface area contributed by atoms with Crippen molar-refractivity contribution in [1.82, 2.24) is 10.2 Å². The lowest BCUT2D eigenvalue weighted by Crippen LogP contribution is -2.48. The fourth-order valence-electron chi connectivity index (χ4n) is 3.01. The van der Waals surface area contributed by atoms with Gasteiger partial charge in [0, 0.05) is 13.1 Å². The molecule has 3 rings (SSSR count). The van der Waals surface area contributed by atoms with Crippen LogP contribution in [0.3, 0.4) is 0 Å². The number of benzene rings is 2. The number of ether oxygens (including phenoxy) is 1. The highest BCUT2D eigenvalue weighted by molar-refractivity contribution is 7.89. The van der Waals surface area contributed by atoms with Crippen LogP contribution in [0.5, 0.6) is 0 Å². The molecule has 1 unspecified atom stereocenters. The van der Waals surface area contributed by atoms with Gasteiger partial charge in [-0.3, -0.25) is 0 Å². The molecule has 1 aliphatic rings. The Bertz CT molecular complexity index is 918. The molecule has 0 spiro atoms. The summed E-state index contributed by atoms with van der Waals surface area (Å²) in [7, 11) is -3.88. The van der Waals surface area contributed by atoms with E-state index >= 15 is 0 Å². The summed E-state index contributed by atoms with van der Waals surface area (Å²) in [6, 6.07) is 11.4. The molecule has 1 heterocycles. The number of nitrogens with one attached hydrogen (secondary N) is 1. The number of primary sulfonamides is 1. The van der Waals surface area contributed by atoms with Crippen LogP contribution in [0.15, 0.2) is 53.4 Å². The monoisotopic (exact) mass is 393 g/mol. The van der Waals surface area contributed by atoms with E-state index in [0.717, 1.165) is 5.56 Å². The van der Waals surface area contributed by atoms with Gasteiger partial charge in [-0.1, -0.05) is 30.3 Å². The molecule has 1 aliphatic heterocycles. The average molecular weight is 393 g/mol. The van der Waals surface area contributed by atoms with E-state index in [0.29, 0.717) is 25.3 Å². The van der Waals surface area contributed by atoms with E-state index < -0.39 is 10.0 Å². The number of hydrogen-bond acceptors (Lipinski definition) is 4. The SMILES string of the molecule is NS(=O)(=O)c1ccccc1CNC(=O)N1CCOCC1c1ccc(F)cc1. The first kappa shape index (κ1) is 19.3. The zero-order valence-electron chi connectivity index (χ0n) is 14.5. The molecule has 0 saturated carbocycles. The number of nitrogens with zero attached hydrogens (tertiary/aromatic N) is 1. The van der Waals surface area contributed by atoms with Gasteiger partial charge in [0.2, 0.25) is 10.0 Å². The van der Waals surface area contributed by atoms with E-state index in [9.17, 15) is 17.6 Å². The number of amides is 2. The standard InChI is InChI=1S/C18H20FN3O4S/c19-15-7-5-13(6-8-15)16-12-26-10-9-22(16)18(23)21-11-14-3-1-2-4-17(14)27(20,24)25/h1-8,16H,9-12H2,(H,21,23)(H2,20,24,25). The van der Waals surface area contributed by atoms with Crippen molar-refractivity contribution in [3.8, 4) is 0 Å². The number of sulfonamides is 1. The van der Waals surface area contributed by atoms with E-state index in [4.69, 9.17) is 9.88 Å². The maximum absolute atomic E-state index is 13.2. The van der Waals surface area contributed by atoms with Gasteiger partial charge in [0.05, 0.1) is 24.2 Å². The van der Waals surface area contributed by atoms with E-state index in [1.165, 1.54) is 18.2 Å². The summed E-state index contributed by atoms with van der Waals surface area (Å²) in [5.41, 5.74) is 1.16. The van der Waals surface area contributed by atoms with Crippen molar-refractivity contribution in [2.75, 3.05) is 19.8 Å². The molecule has 0 radical (unpaired) electrons. The zero-order chi connectivity index (χ0) is 19.4. The lowest BCUT2D eigenvalue weighted by molar-refractivity contribution is 0.0115. The van der Waals surface area contributed by atoms with Crippen molar-refractivity contribution in [3.63, 3.8) is 0 Å². The van der Waals surface area contributed by atoms with Crippen LogP contribution < -0.4 is 10.5 Å². The summed E-state index contributed by atoms with van der Waals surface area (Å²) in [5.74, 6) is -0.355. The Morgan fingerprint density at radius 2 is 1.93 bits per heavy atom. The molecular formula is C18H20FN3O4S. The fourth-order valence-corrected chi connectivity index (χ4v) is 3.78. The third-order valence-corrected chi connectivity index (χ3v) is 5.36. The summed E-state index contributed by atoms with van der Waals surface area (Å²) in [4.78, 5) is 14.3. The molecule has 9 heteroatoms. The van der Waals surface area contributed by atoms with Crippen LogP contribution in [0.4, 0.5) is 9.18 Å². The summed E-state index contributed by atoms with van der Waals surface area (Å²) in [6.45, 7) is 1.06. The minimum atomic E-state index is -3.88. The highest BCUT2D eigenvalue weighted by atomic mass is 32.2. The predicted octanol–water partition coefficient (Wildman–Crippen LogP) is 1.76. The van der Waals surface area contributed by atoms with Gasteiger partial charge in [-0.05, 0) is 29.3 Å². The molecule has 27 heavy (non-hydrogen) atoms. The van der Waals surface area contributed by atoms with Gasteiger partial charge in [0.1, 0.15) is 5.82 Å². The first-order valence-electron chi connectivity index (χ1n) is 8.34. The largest absolute Gasteiger partial charge is 0.377 e. The third-order valence-electron chi connectivity index (χ3n) is 4.35. The van der Waals surface area contributed by atoms with E-state index in [1.54, 1.807) is 35.2 Å². The number of halogens is 1. The quantitative estimate of drug-likeness (QED) is 0.826. The fraction of sp³-hybridized carbons (Fsp3) is 0.278. The van der Waals surface area contributed by atoms with Crippen molar-refractivity contribution in [1.29, 1.82) is 0 Å². The van der Waals surface area contributed by atoms with Crippen LogP contribution in [0.25, 0.3) is 0 Å². The number of carbonyl (C=O) groups is 1. The van der Waals surface area contributed by atoms with Gasteiger partial charge < -0.3 is 15.0 Å². The molecule has 1 fully saturated rings. The molecule has 2 aromatic carbocycles. The topological polar surface area (TPSA) is 102 Å². The summed E-state index contributed by atoms with van der Waals surface area (Å²) in [6.07, 6.45) is 0. The van der Waals surface area contributed by atoms with Crippen LogP contribution in [0, 0.1) is 5.82 Å². The van der Waals surface area contributed by atoms with Crippen LogP contribution in [-0.4, -0.2) is 39.1 Å². The van der Waals surface area contributed by atoms with Crippen LogP contribution >= 0.6 is 0 Å². The molecular weight excluding hydrogens is 373 g/mol. The Hall–Kier alpha value is -2.49. The molecule has 2 amide bonds. The second-order valence-corrected chi connectivity index (χ2v) is 7.68. The molecule has 0 aliphatic carbocycles. The average Bonchev–Trinajstić information content (AvgIpc) is 2.66. The molecule has 144 valence electrons. The molecule has 1 saturated heterocycles. The van der Waals surface area contributed by atoms with Crippen molar-refractivity contribution in [2.24, 2.45) is 5.14 Å². The molecule has 7 nitrogen and oxygen atoms in total. The van der Waals surface area contributed by atoms with Crippen molar-refractivity contribution in [3.05, 3.63) is 65.5 Å². The van der Waals surface area contributed by atoms with Crippen molar-refractivity contribution in [2.45, 2.75) is 17.5 Å². The van der Waals surface area contributed by atoms with Crippen LogP contribution in [0.1, 0.15) is 17.2 Å². The number of rotatable bonds is 4. The van der Waals surface area contributed by atoms with Crippen molar-refractivity contribution >= 4 is 16.1 Å². The summed E-state index contributed by atoms with van der Waals surface area (Å²) in [5, 5.41) is 7.95. The number of urea groups is 1. The first-order chi connectivity index (χ1) is 12.9. The highest BCUT2D eigenvalue weighted by Crippen LogP contribution is 2.24. The molecule has 0 bridgehead atoms. The second kappa shape index (κ2) is 8.03. The minimum Gasteiger partial charge on any atom is -0.377 e. The Kier molecular flexibility index (Phi) is 5.73. The number of morpholine rings is 1. The Labute approximate surface area is 157 Å². The number of hydrogen-bond donors (Lipinski definition) is 2. The normalized spacial score (nSPS) is 17.6. The number of carbonyl (C=O) groups excluding carboxylic acids is 1. The zero-order valence-corrected chi connectivity index (χ0v) is 15.3. The maximum Gasteiger partial charge on any atom is 0.318 e. The molecule has 2 aromatic rings. The smallest absolute Gasteiger partial charge is 0.318 e. The van der Waals surface area contributed by atoms with Crippen molar-refractivity contribution < 1.29 is 22.3 Å². The van der Waals surface area contributed by atoms with Gasteiger partial charge >= 0.3 is 6.03 Å². The van der Waals surface area contributed by atoms with Gasteiger partial charge in [-0.15, -0.1) is 0 Å². The van der Waals surface area contributed by atoms with Gasteiger partial charge in [0.25, 0.3) is 0 Å². The van der Waals surface area contributed by atoms with Gasteiger partial charge in [0.15, 0.2) is 0 Å². The van der Waals surface area contributed by atoms with Crippen LogP contribution in [0.2, 0.25) is 0 Å². The Morgan fingerprint density at radius 1 is 1.22 bits per heavy atom. The Morgan fingerprint density at radius 3 is 2.63 bits per heavy atom. The van der Waals surface area contributed by atoms with Crippen LogP contribution in [-0.2, 0) is 21.3 Å². The summed E-state index contributed by atoms with van der Waals surface area (Å²) >= 11 is 0. The molecule has 3 N–H and O–H groups in total. The minimum absolute atomic E-state index is 0.0128. The Balaban J connectivity index is 1.74. The molecule has 0 aromatic heterocycles. The van der Waals surface area contributed by atoms with E-state index in [1.807, 2.05) is 0 Å². The first-order valence-corrected chi connectivity index (χ1v) is 9.89. The van der Waals surface area contributed by atoms with E-state index in [2.05, 4.69) is 5.32 Å². The molecule has 1 atom stereocenters.